The smallest absolute Gasteiger partial charge is 0.143 e. The van der Waals surface area contributed by atoms with Gasteiger partial charge >= 0.3 is 0 Å². The number of hydrogen-bond donors (Lipinski definition) is 2. The van der Waals surface area contributed by atoms with Gasteiger partial charge < -0.3 is 10.7 Å². The molecular formula is C13H28N2O. The van der Waals surface area contributed by atoms with Crippen LogP contribution in [-0.2, 0) is 4.79 Å². The minimum Gasteiger partial charge on any atom is -0.317 e. The van der Waals surface area contributed by atoms with E-state index in [0.29, 0.717) is 12.1 Å². The summed E-state index contributed by atoms with van der Waals surface area (Å²) in [5, 5.41) is 10.3. The highest BCUT2D eigenvalue weighted by Gasteiger charge is 2.20. The van der Waals surface area contributed by atoms with Gasteiger partial charge in [0.15, 0.2) is 0 Å². The van der Waals surface area contributed by atoms with Crippen LogP contribution in [0.25, 0.3) is 0 Å². The first-order valence-electron chi connectivity index (χ1n) is 6.03. The van der Waals surface area contributed by atoms with E-state index in [-0.39, 0.29) is 11.2 Å². The highest BCUT2D eigenvalue weighted by molar-refractivity contribution is 6.01. The van der Waals surface area contributed by atoms with E-state index >= 15 is 0 Å². The van der Waals surface area contributed by atoms with Crippen molar-refractivity contribution >= 4 is 11.5 Å². The van der Waals surface area contributed by atoms with E-state index in [1.807, 2.05) is 20.8 Å². The fourth-order valence-electron chi connectivity index (χ4n) is 0.860. The van der Waals surface area contributed by atoms with E-state index in [0.717, 1.165) is 13.1 Å². The van der Waals surface area contributed by atoms with Gasteiger partial charge in [0.05, 0.1) is 0 Å². The van der Waals surface area contributed by atoms with E-state index in [1.54, 1.807) is 6.92 Å². The summed E-state index contributed by atoms with van der Waals surface area (Å²) < 4.78 is 0. The summed E-state index contributed by atoms with van der Waals surface area (Å²) in [6.45, 7) is 13.8. The van der Waals surface area contributed by atoms with E-state index in [9.17, 15) is 4.79 Å². The van der Waals surface area contributed by atoms with Crippen LogP contribution in [0.1, 0.15) is 54.4 Å². The number of carbonyl (C=O) groups excluding carboxylic acids is 1. The minimum absolute atomic E-state index is 0.139. The summed E-state index contributed by atoms with van der Waals surface area (Å²) in [5.41, 5.74) is 0.155. The molecule has 0 saturated carbocycles. The number of rotatable bonds is 5. The van der Waals surface area contributed by atoms with Crippen LogP contribution in [0.3, 0.4) is 0 Å². The average Bonchev–Trinajstić information content (AvgIpc) is 2.13. The van der Waals surface area contributed by atoms with Crippen molar-refractivity contribution in [1.82, 2.24) is 5.32 Å². The van der Waals surface area contributed by atoms with E-state index in [1.165, 1.54) is 6.42 Å². The maximum atomic E-state index is 11.1. The Balaban J connectivity index is 0. The van der Waals surface area contributed by atoms with Crippen molar-refractivity contribution in [2.24, 2.45) is 5.41 Å². The molecule has 96 valence electrons. The van der Waals surface area contributed by atoms with Crippen molar-refractivity contribution in [2.45, 2.75) is 54.4 Å². The Labute approximate surface area is 101 Å². The Kier molecular flexibility index (Phi) is 10.5. The second-order valence-electron chi connectivity index (χ2n) is 4.98. The first kappa shape index (κ1) is 17.7. The Morgan fingerprint density at radius 2 is 1.75 bits per heavy atom. The molecule has 3 nitrogen and oxygen atoms in total. The van der Waals surface area contributed by atoms with Gasteiger partial charge in [-0.1, -0.05) is 34.6 Å². The number of hydrogen-bond acceptors (Lipinski definition) is 3. The van der Waals surface area contributed by atoms with E-state index in [2.05, 4.69) is 19.2 Å². The molecule has 0 fully saturated rings. The molecule has 0 unspecified atom stereocenters. The molecule has 0 rings (SSSR count). The van der Waals surface area contributed by atoms with Crippen molar-refractivity contribution in [1.29, 1.82) is 5.41 Å². The highest BCUT2D eigenvalue weighted by atomic mass is 16.1. The van der Waals surface area contributed by atoms with Crippen LogP contribution in [0.4, 0.5) is 0 Å². The second kappa shape index (κ2) is 9.52. The van der Waals surface area contributed by atoms with Gasteiger partial charge in [0, 0.05) is 17.5 Å². The van der Waals surface area contributed by atoms with Crippen LogP contribution in [0.2, 0.25) is 0 Å². The first-order chi connectivity index (χ1) is 7.25. The third kappa shape index (κ3) is 13.3. The van der Waals surface area contributed by atoms with Crippen molar-refractivity contribution in [3.63, 3.8) is 0 Å². The van der Waals surface area contributed by atoms with Crippen molar-refractivity contribution in [3.8, 4) is 0 Å². The molecule has 3 heteroatoms. The summed E-state index contributed by atoms with van der Waals surface area (Å²) in [6.07, 6.45) is 1.54. The topological polar surface area (TPSA) is 53.0 Å². The van der Waals surface area contributed by atoms with Gasteiger partial charge in [-0.15, -0.1) is 0 Å². The summed E-state index contributed by atoms with van der Waals surface area (Å²) >= 11 is 0. The highest BCUT2D eigenvalue weighted by Crippen LogP contribution is 2.16. The molecule has 0 atom stereocenters. The zero-order chi connectivity index (χ0) is 13.2. The van der Waals surface area contributed by atoms with Gasteiger partial charge in [-0.05, 0) is 26.4 Å². The lowest BCUT2D eigenvalue weighted by Crippen LogP contribution is -2.21. The van der Waals surface area contributed by atoms with Gasteiger partial charge in [-0.25, -0.2) is 0 Å². The third-order valence-electron chi connectivity index (χ3n) is 1.94. The van der Waals surface area contributed by atoms with Crippen LogP contribution in [0.15, 0.2) is 0 Å². The van der Waals surface area contributed by atoms with Crippen LogP contribution < -0.4 is 5.32 Å². The molecule has 0 aliphatic heterocycles. The first-order valence-corrected chi connectivity index (χ1v) is 6.03. The Morgan fingerprint density at radius 1 is 1.25 bits per heavy atom. The summed E-state index contributed by atoms with van der Waals surface area (Å²) in [7, 11) is 0. The lowest BCUT2D eigenvalue weighted by molar-refractivity contribution is -0.125. The van der Waals surface area contributed by atoms with Crippen LogP contribution in [0.5, 0.6) is 0 Å². The van der Waals surface area contributed by atoms with Gasteiger partial charge in [-0.3, -0.25) is 4.79 Å². The van der Waals surface area contributed by atoms with Crippen LogP contribution in [0, 0.1) is 10.8 Å². The van der Waals surface area contributed by atoms with Crippen molar-refractivity contribution in [3.05, 3.63) is 0 Å². The number of Topliss-reactive ketones (excluding diaryl/α,β-unsaturated/α-hetero) is 1. The maximum absolute atomic E-state index is 11.1. The van der Waals surface area contributed by atoms with Crippen molar-refractivity contribution < 1.29 is 4.79 Å². The molecule has 0 aliphatic carbocycles. The van der Waals surface area contributed by atoms with Gasteiger partial charge in [-0.2, -0.15) is 0 Å². The molecule has 0 aliphatic rings. The fraction of sp³-hybridized carbons (Fsp3) is 0.846. The number of carbonyl (C=O) groups is 1. The Bertz CT molecular complexity index is 200. The van der Waals surface area contributed by atoms with Gasteiger partial charge in [0.2, 0.25) is 0 Å². The van der Waals surface area contributed by atoms with E-state index < -0.39 is 0 Å². The van der Waals surface area contributed by atoms with Crippen LogP contribution >= 0.6 is 0 Å². The average molecular weight is 228 g/mol. The molecule has 0 aromatic heterocycles. The predicted molar refractivity (Wildman–Crippen MR) is 71.3 cm³/mol. The third-order valence-corrected chi connectivity index (χ3v) is 1.94. The molecule has 2 N–H and O–H groups in total. The molecule has 16 heavy (non-hydrogen) atoms. The quantitative estimate of drug-likeness (QED) is 0.561. The molecular weight excluding hydrogens is 200 g/mol. The summed E-state index contributed by atoms with van der Waals surface area (Å²) in [6, 6.07) is 0. The van der Waals surface area contributed by atoms with Crippen LogP contribution in [-0.4, -0.2) is 24.6 Å². The van der Waals surface area contributed by atoms with Gasteiger partial charge in [0.1, 0.15) is 5.78 Å². The van der Waals surface area contributed by atoms with E-state index in [4.69, 9.17) is 5.41 Å². The standard InChI is InChI=1S/C8H15NO.C5H13N/c1-6(9)5-7(10)8(2,3)4;1-3-5-6-4-2/h9H,5H2,1-4H3;6H,3-5H2,1-2H3. The lowest BCUT2D eigenvalue weighted by Gasteiger charge is -2.15. The SMILES string of the molecule is CC(=N)CC(=O)C(C)(C)C.CCCNCC. The minimum atomic E-state index is -0.289. The summed E-state index contributed by atoms with van der Waals surface area (Å²) in [4.78, 5) is 11.1. The zero-order valence-electron chi connectivity index (χ0n) is 11.7. The Morgan fingerprint density at radius 3 is 1.88 bits per heavy atom. The molecule has 0 aromatic rings. The predicted octanol–water partition coefficient (Wildman–Crippen LogP) is 3.04. The Hall–Kier alpha value is -0.700. The molecule has 0 heterocycles. The zero-order valence-corrected chi connectivity index (χ0v) is 11.7. The van der Waals surface area contributed by atoms with Gasteiger partial charge in [0.25, 0.3) is 0 Å². The number of ketones is 1. The maximum Gasteiger partial charge on any atom is 0.143 e. The molecule has 0 bridgehead atoms. The second-order valence-corrected chi connectivity index (χ2v) is 4.98. The lowest BCUT2D eigenvalue weighted by atomic mass is 9.88. The molecule has 0 radical (unpaired) electrons. The molecule has 0 aromatic carbocycles. The molecule has 0 spiro atoms. The normalized spacial score (nSPS) is 10.4. The van der Waals surface area contributed by atoms with Crippen molar-refractivity contribution in [2.75, 3.05) is 13.1 Å². The fourth-order valence-corrected chi connectivity index (χ4v) is 0.860. The monoisotopic (exact) mass is 228 g/mol. The molecule has 0 saturated heterocycles. The summed E-state index contributed by atoms with van der Waals surface area (Å²) in [5.74, 6) is 0.139. The largest absolute Gasteiger partial charge is 0.317 e. The molecule has 0 amide bonds. The number of nitrogens with one attached hydrogen (secondary N) is 2.